The van der Waals surface area contributed by atoms with Crippen molar-refractivity contribution >= 4 is 17.6 Å². The summed E-state index contributed by atoms with van der Waals surface area (Å²) in [6.07, 6.45) is 1.88. The molecule has 0 saturated carbocycles. The van der Waals surface area contributed by atoms with E-state index in [9.17, 15) is 9.59 Å². The lowest BCUT2D eigenvalue weighted by atomic mass is 10.2. The molecule has 1 aromatic carbocycles. The standard InChI is InChI=1S/C18H20N4O4/c1-21-13(11-22-6-2-3-14(22)17(21)23)10-19-18(24)20-12-4-5-15-16(9-12)26-8-7-25-15/h2-6,9,13H,7-8,10-11H2,1H3,(H2,19,20,24). The molecule has 8 heteroatoms. The van der Waals surface area contributed by atoms with E-state index in [1.807, 2.05) is 16.8 Å². The van der Waals surface area contributed by atoms with Gasteiger partial charge >= 0.3 is 6.03 Å². The minimum Gasteiger partial charge on any atom is -0.486 e. The Balaban J connectivity index is 1.35. The second-order valence-corrected chi connectivity index (χ2v) is 6.31. The Hall–Kier alpha value is -3.16. The van der Waals surface area contributed by atoms with Crippen molar-refractivity contribution in [2.45, 2.75) is 12.6 Å². The van der Waals surface area contributed by atoms with Crippen LogP contribution in [0.5, 0.6) is 11.5 Å². The van der Waals surface area contributed by atoms with Crippen LogP contribution in [0, 0.1) is 0 Å². The van der Waals surface area contributed by atoms with Gasteiger partial charge in [-0.25, -0.2) is 4.79 Å². The monoisotopic (exact) mass is 356 g/mol. The largest absolute Gasteiger partial charge is 0.486 e. The van der Waals surface area contributed by atoms with E-state index in [0.29, 0.717) is 49.2 Å². The maximum absolute atomic E-state index is 12.3. The number of ether oxygens (including phenoxy) is 2. The van der Waals surface area contributed by atoms with Crippen molar-refractivity contribution in [2.75, 3.05) is 32.1 Å². The number of nitrogens with one attached hydrogen (secondary N) is 2. The fourth-order valence-electron chi connectivity index (χ4n) is 3.17. The molecule has 0 spiro atoms. The number of likely N-dealkylation sites (N-methyl/N-ethyl adjacent to an activating group) is 1. The van der Waals surface area contributed by atoms with Crippen molar-refractivity contribution in [1.29, 1.82) is 0 Å². The van der Waals surface area contributed by atoms with Crippen molar-refractivity contribution in [3.05, 3.63) is 42.2 Å². The Morgan fingerprint density at radius 3 is 2.88 bits per heavy atom. The molecule has 1 aromatic heterocycles. The topological polar surface area (TPSA) is 84.8 Å². The highest BCUT2D eigenvalue weighted by Gasteiger charge is 2.29. The molecule has 2 aromatic rings. The lowest BCUT2D eigenvalue weighted by Crippen LogP contribution is -2.51. The Labute approximate surface area is 150 Å². The Morgan fingerprint density at radius 2 is 2.04 bits per heavy atom. The average molecular weight is 356 g/mol. The smallest absolute Gasteiger partial charge is 0.319 e. The summed E-state index contributed by atoms with van der Waals surface area (Å²) in [5.74, 6) is 1.25. The van der Waals surface area contributed by atoms with Gasteiger partial charge < -0.3 is 29.6 Å². The fraction of sp³-hybridized carbons (Fsp3) is 0.333. The van der Waals surface area contributed by atoms with E-state index in [1.54, 1.807) is 36.2 Å². The van der Waals surface area contributed by atoms with E-state index in [-0.39, 0.29) is 18.0 Å². The van der Waals surface area contributed by atoms with Crippen LogP contribution in [0.4, 0.5) is 10.5 Å². The van der Waals surface area contributed by atoms with Gasteiger partial charge in [-0.3, -0.25) is 4.79 Å². The molecule has 0 saturated heterocycles. The Kier molecular flexibility index (Phi) is 4.16. The first-order valence-electron chi connectivity index (χ1n) is 8.48. The molecule has 2 aliphatic rings. The first-order chi connectivity index (χ1) is 12.6. The number of amides is 3. The fourth-order valence-corrected chi connectivity index (χ4v) is 3.17. The third-order valence-electron chi connectivity index (χ3n) is 4.62. The van der Waals surface area contributed by atoms with Gasteiger partial charge in [-0.2, -0.15) is 0 Å². The Bertz CT molecular complexity index is 847. The zero-order valence-electron chi connectivity index (χ0n) is 14.4. The molecule has 8 nitrogen and oxygen atoms in total. The first kappa shape index (κ1) is 16.3. The number of urea groups is 1. The molecular weight excluding hydrogens is 336 g/mol. The van der Waals surface area contributed by atoms with Gasteiger partial charge in [-0.05, 0) is 24.3 Å². The second-order valence-electron chi connectivity index (χ2n) is 6.31. The lowest BCUT2D eigenvalue weighted by molar-refractivity contribution is 0.0658. The maximum atomic E-state index is 12.3. The molecule has 2 aliphatic heterocycles. The summed E-state index contributed by atoms with van der Waals surface area (Å²) in [4.78, 5) is 26.2. The number of anilines is 1. The molecule has 2 N–H and O–H groups in total. The van der Waals surface area contributed by atoms with Crippen LogP contribution in [-0.2, 0) is 6.54 Å². The number of nitrogens with zero attached hydrogens (tertiary/aromatic N) is 2. The number of aromatic nitrogens is 1. The van der Waals surface area contributed by atoms with Crippen LogP contribution in [0.1, 0.15) is 10.5 Å². The summed E-state index contributed by atoms with van der Waals surface area (Å²) in [6, 6.07) is 8.48. The molecule has 0 aliphatic carbocycles. The number of hydrogen-bond acceptors (Lipinski definition) is 4. The molecule has 26 heavy (non-hydrogen) atoms. The van der Waals surface area contributed by atoms with E-state index in [0.717, 1.165) is 0 Å². The number of hydrogen-bond donors (Lipinski definition) is 2. The summed E-state index contributed by atoms with van der Waals surface area (Å²) in [7, 11) is 1.75. The average Bonchev–Trinajstić information content (AvgIpc) is 3.12. The molecular formula is C18H20N4O4. The third-order valence-corrected chi connectivity index (χ3v) is 4.62. The van der Waals surface area contributed by atoms with Crippen molar-refractivity contribution in [1.82, 2.24) is 14.8 Å². The molecule has 4 rings (SSSR count). The maximum Gasteiger partial charge on any atom is 0.319 e. The van der Waals surface area contributed by atoms with Crippen molar-refractivity contribution in [3.63, 3.8) is 0 Å². The highest BCUT2D eigenvalue weighted by Crippen LogP contribution is 2.32. The van der Waals surface area contributed by atoms with Gasteiger partial charge in [-0.15, -0.1) is 0 Å². The number of carbonyl (C=O) groups excluding carboxylic acids is 2. The molecule has 0 radical (unpaired) electrons. The minimum absolute atomic E-state index is 0.0414. The normalized spacial score (nSPS) is 18.3. The molecule has 3 amide bonds. The van der Waals surface area contributed by atoms with Gasteiger partial charge in [0.1, 0.15) is 18.9 Å². The number of fused-ring (bicyclic) bond motifs is 2. The Morgan fingerprint density at radius 1 is 1.23 bits per heavy atom. The predicted molar refractivity (Wildman–Crippen MR) is 94.8 cm³/mol. The summed E-state index contributed by atoms with van der Waals surface area (Å²) < 4.78 is 12.9. The summed E-state index contributed by atoms with van der Waals surface area (Å²) >= 11 is 0. The number of carbonyl (C=O) groups is 2. The van der Waals surface area contributed by atoms with Crippen LogP contribution in [0.15, 0.2) is 36.5 Å². The second kappa shape index (κ2) is 6.62. The number of rotatable bonds is 3. The molecule has 3 heterocycles. The van der Waals surface area contributed by atoms with Crippen molar-refractivity contribution < 1.29 is 19.1 Å². The van der Waals surface area contributed by atoms with E-state index in [2.05, 4.69) is 10.6 Å². The van der Waals surface area contributed by atoms with Crippen LogP contribution in [0.2, 0.25) is 0 Å². The van der Waals surface area contributed by atoms with Crippen LogP contribution >= 0.6 is 0 Å². The zero-order valence-corrected chi connectivity index (χ0v) is 14.4. The number of benzene rings is 1. The summed E-state index contributed by atoms with van der Waals surface area (Å²) in [5, 5.41) is 5.60. The van der Waals surface area contributed by atoms with E-state index in [4.69, 9.17) is 9.47 Å². The van der Waals surface area contributed by atoms with Crippen LogP contribution in [-0.4, -0.2) is 54.3 Å². The quantitative estimate of drug-likeness (QED) is 0.874. The van der Waals surface area contributed by atoms with Gasteiger partial charge in [0.25, 0.3) is 5.91 Å². The highest BCUT2D eigenvalue weighted by atomic mass is 16.6. The third kappa shape index (κ3) is 3.05. The summed E-state index contributed by atoms with van der Waals surface area (Å²) in [5.41, 5.74) is 1.29. The van der Waals surface area contributed by atoms with Gasteiger partial charge in [-0.1, -0.05) is 0 Å². The van der Waals surface area contributed by atoms with E-state index < -0.39 is 0 Å². The first-order valence-corrected chi connectivity index (χ1v) is 8.48. The van der Waals surface area contributed by atoms with E-state index >= 15 is 0 Å². The van der Waals surface area contributed by atoms with Crippen molar-refractivity contribution in [2.24, 2.45) is 0 Å². The van der Waals surface area contributed by atoms with Crippen LogP contribution < -0.4 is 20.1 Å². The molecule has 136 valence electrons. The highest BCUT2D eigenvalue weighted by molar-refractivity contribution is 5.93. The minimum atomic E-state index is -0.333. The van der Waals surface area contributed by atoms with Crippen LogP contribution in [0.3, 0.4) is 0 Å². The molecule has 1 atom stereocenters. The van der Waals surface area contributed by atoms with Gasteiger partial charge in [0, 0.05) is 38.1 Å². The van der Waals surface area contributed by atoms with Gasteiger partial charge in [0.05, 0.1) is 6.04 Å². The molecule has 1 unspecified atom stereocenters. The van der Waals surface area contributed by atoms with E-state index in [1.165, 1.54) is 0 Å². The van der Waals surface area contributed by atoms with Gasteiger partial charge in [0.15, 0.2) is 11.5 Å². The van der Waals surface area contributed by atoms with Gasteiger partial charge in [0.2, 0.25) is 0 Å². The molecule has 0 fully saturated rings. The lowest BCUT2D eigenvalue weighted by Gasteiger charge is -2.33. The summed E-state index contributed by atoms with van der Waals surface area (Å²) in [6.45, 7) is 2.02. The molecule has 0 bridgehead atoms. The van der Waals surface area contributed by atoms with Crippen LogP contribution in [0.25, 0.3) is 0 Å². The zero-order chi connectivity index (χ0) is 18.1. The van der Waals surface area contributed by atoms with Crippen molar-refractivity contribution in [3.8, 4) is 11.5 Å². The SMILES string of the molecule is CN1C(=O)c2cccn2CC1CNC(=O)Nc1ccc2c(c1)OCCO2. The predicted octanol–water partition coefficient (Wildman–Crippen LogP) is 1.54.